The van der Waals surface area contributed by atoms with Crippen LogP contribution in [0.25, 0.3) is 11.3 Å². The summed E-state index contributed by atoms with van der Waals surface area (Å²) in [4.78, 5) is 21.4. The van der Waals surface area contributed by atoms with Crippen molar-refractivity contribution in [2.24, 2.45) is 0 Å². The molecule has 1 aromatic heterocycles. The highest BCUT2D eigenvalue weighted by molar-refractivity contribution is 7.14. The van der Waals surface area contributed by atoms with Crippen LogP contribution in [0.15, 0.2) is 53.9 Å². The van der Waals surface area contributed by atoms with Gasteiger partial charge in [-0.15, -0.1) is 11.3 Å². The number of rotatable bonds is 5. The zero-order valence-corrected chi connectivity index (χ0v) is 17.2. The van der Waals surface area contributed by atoms with Crippen molar-refractivity contribution in [3.05, 3.63) is 70.9 Å². The molecule has 0 unspecified atom stereocenters. The molecule has 0 N–H and O–H groups in total. The van der Waals surface area contributed by atoms with Crippen molar-refractivity contribution in [2.75, 3.05) is 31.1 Å². The molecule has 1 saturated heterocycles. The van der Waals surface area contributed by atoms with Gasteiger partial charge in [-0.1, -0.05) is 18.2 Å². The molecule has 1 aliphatic rings. The minimum absolute atomic E-state index is 0.119. The third-order valence-corrected chi connectivity index (χ3v) is 6.18. The van der Waals surface area contributed by atoms with Crippen molar-refractivity contribution in [1.82, 2.24) is 9.88 Å². The molecule has 2 heterocycles. The van der Waals surface area contributed by atoms with E-state index in [1.54, 1.807) is 29.5 Å². The number of thiazole rings is 1. The van der Waals surface area contributed by atoms with E-state index in [0.29, 0.717) is 31.5 Å². The maximum Gasteiger partial charge on any atom is 0.223 e. The number of halogens is 1. The van der Waals surface area contributed by atoms with Gasteiger partial charge in [0.05, 0.1) is 17.3 Å². The van der Waals surface area contributed by atoms with Gasteiger partial charge < -0.3 is 9.80 Å². The zero-order chi connectivity index (χ0) is 20.9. The predicted molar refractivity (Wildman–Crippen MR) is 116 cm³/mol. The molecule has 7 heteroatoms. The van der Waals surface area contributed by atoms with Crippen molar-refractivity contribution in [1.29, 1.82) is 5.26 Å². The van der Waals surface area contributed by atoms with Gasteiger partial charge in [-0.05, 0) is 42.3 Å². The molecule has 1 fully saturated rings. The predicted octanol–water partition coefficient (Wildman–Crippen LogP) is 4.10. The van der Waals surface area contributed by atoms with Crippen molar-refractivity contribution in [2.45, 2.75) is 12.8 Å². The van der Waals surface area contributed by atoms with Crippen molar-refractivity contribution < 1.29 is 9.18 Å². The van der Waals surface area contributed by atoms with Crippen molar-refractivity contribution in [3.63, 3.8) is 0 Å². The van der Waals surface area contributed by atoms with Gasteiger partial charge >= 0.3 is 0 Å². The molecule has 0 radical (unpaired) electrons. The highest BCUT2D eigenvalue weighted by Crippen LogP contribution is 2.28. The monoisotopic (exact) mass is 420 g/mol. The molecule has 1 amide bonds. The number of hydrogen-bond acceptors (Lipinski definition) is 5. The second-order valence-electron chi connectivity index (χ2n) is 7.16. The van der Waals surface area contributed by atoms with Crippen LogP contribution >= 0.6 is 11.3 Å². The summed E-state index contributed by atoms with van der Waals surface area (Å²) in [5, 5.41) is 12.1. The molecule has 2 aromatic carbocycles. The van der Waals surface area contributed by atoms with E-state index in [2.05, 4.69) is 16.0 Å². The van der Waals surface area contributed by atoms with Crippen LogP contribution in [-0.4, -0.2) is 42.0 Å². The van der Waals surface area contributed by atoms with Crippen LogP contribution in [-0.2, 0) is 11.2 Å². The first-order valence-corrected chi connectivity index (χ1v) is 10.7. The fourth-order valence-corrected chi connectivity index (χ4v) is 4.45. The van der Waals surface area contributed by atoms with E-state index in [9.17, 15) is 14.4 Å². The smallest absolute Gasteiger partial charge is 0.223 e. The van der Waals surface area contributed by atoms with Crippen LogP contribution in [0.3, 0.4) is 0 Å². The Morgan fingerprint density at radius 1 is 1.10 bits per heavy atom. The topological polar surface area (TPSA) is 60.2 Å². The highest BCUT2D eigenvalue weighted by atomic mass is 32.1. The Labute approximate surface area is 179 Å². The quantitative estimate of drug-likeness (QED) is 0.624. The first-order chi connectivity index (χ1) is 14.6. The number of aromatic nitrogens is 1. The summed E-state index contributed by atoms with van der Waals surface area (Å²) in [5.41, 5.74) is 3.29. The van der Waals surface area contributed by atoms with E-state index in [0.717, 1.165) is 35.0 Å². The fourth-order valence-electron chi connectivity index (χ4n) is 3.56. The van der Waals surface area contributed by atoms with E-state index in [1.165, 1.54) is 12.1 Å². The van der Waals surface area contributed by atoms with Crippen molar-refractivity contribution in [3.8, 4) is 17.3 Å². The molecule has 0 bridgehead atoms. The molecular weight excluding hydrogens is 399 g/mol. The first-order valence-electron chi connectivity index (χ1n) is 9.86. The molecule has 1 aliphatic heterocycles. The number of carbonyl (C=O) groups is 1. The van der Waals surface area contributed by atoms with Crippen LogP contribution in [0.5, 0.6) is 0 Å². The lowest BCUT2D eigenvalue weighted by molar-refractivity contribution is -0.131. The Balaban J connectivity index is 1.31. The maximum atomic E-state index is 13.1. The third kappa shape index (κ3) is 4.50. The van der Waals surface area contributed by atoms with Crippen LogP contribution in [0.2, 0.25) is 0 Å². The Morgan fingerprint density at radius 2 is 1.83 bits per heavy atom. The summed E-state index contributed by atoms with van der Waals surface area (Å²) >= 11 is 1.56. The Hall–Kier alpha value is -3.24. The second kappa shape index (κ2) is 9.06. The molecule has 152 valence electrons. The molecular formula is C23H21FN4OS. The molecule has 0 aliphatic carbocycles. The SMILES string of the molecule is N#Cc1ccccc1CCC(=O)N1CCN(c2nc(-c3ccc(F)cc3)cs2)CC1. The second-order valence-corrected chi connectivity index (χ2v) is 8.00. The Kier molecular flexibility index (Phi) is 6.05. The number of hydrogen-bond donors (Lipinski definition) is 0. The summed E-state index contributed by atoms with van der Waals surface area (Å²) in [6.07, 6.45) is 0.987. The molecule has 0 atom stereocenters. The van der Waals surface area contributed by atoms with E-state index < -0.39 is 0 Å². The van der Waals surface area contributed by atoms with Gasteiger partial charge in [0, 0.05) is 43.5 Å². The van der Waals surface area contributed by atoms with Gasteiger partial charge in [0.1, 0.15) is 5.82 Å². The van der Waals surface area contributed by atoms with Crippen LogP contribution in [0.1, 0.15) is 17.5 Å². The summed E-state index contributed by atoms with van der Waals surface area (Å²) in [6.45, 7) is 2.78. The lowest BCUT2D eigenvalue weighted by Gasteiger charge is -2.34. The van der Waals surface area contributed by atoms with E-state index in [4.69, 9.17) is 0 Å². The highest BCUT2D eigenvalue weighted by Gasteiger charge is 2.23. The van der Waals surface area contributed by atoms with Crippen LogP contribution < -0.4 is 4.90 Å². The molecule has 0 saturated carbocycles. The molecule has 0 spiro atoms. The normalized spacial score (nSPS) is 13.9. The minimum atomic E-state index is -0.258. The summed E-state index contributed by atoms with van der Waals surface area (Å²) in [7, 11) is 0. The van der Waals surface area contributed by atoms with Gasteiger partial charge in [0.2, 0.25) is 5.91 Å². The third-order valence-electron chi connectivity index (χ3n) is 5.28. The number of anilines is 1. The van der Waals surface area contributed by atoms with Crippen molar-refractivity contribution >= 4 is 22.4 Å². The minimum Gasteiger partial charge on any atom is -0.345 e. The van der Waals surface area contributed by atoms with E-state index >= 15 is 0 Å². The van der Waals surface area contributed by atoms with Crippen LogP contribution in [0, 0.1) is 17.1 Å². The number of amides is 1. The number of nitriles is 1. The number of benzene rings is 2. The maximum absolute atomic E-state index is 13.1. The first kappa shape index (κ1) is 20.0. The van der Waals surface area contributed by atoms with E-state index in [-0.39, 0.29) is 11.7 Å². The average Bonchev–Trinajstić information content (AvgIpc) is 3.28. The summed E-state index contributed by atoms with van der Waals surface area (Å²) in [6, 6.07) is 15.9. The summed E-state index contributed by atoms with van der Waals surface area (Å²) in [5.74, 6) is -0.139. The fraction of sp³-hybridized carbons (Fsp3) is 0.261. The molecule has 30 heavy (non-hydrogen) atoms. The molecule has 3 aromatic rings. The van der Waals surface area contributed by atoms with Crippen LogP contribution in [0.4, 0.5) is 9.52 Å². The molecule has 5 nitrogen and oxygen atoms in total. The number of aryl methyl sites for hydroxylation is 1. The Morgan fingerprint density at radius 3 is 2.57 bits per heavy atom. The number of carbonyl (C=O) groups excluding carboxylic acids is 1. The number of nitrogens with zero attached hydrogens (tertiary/aromatic N) is 4. The lowest BCUT2D eigenvalue weighted by atomic mass is 10.0. The standard InChI is InChI=1S/C23H21FN4OS/c24-20-8-5-18(6-9-20)21-16-30-23(26-21)28-13-11-27(12-14-28)22(29)10-7-17-3-1-2-4-19(17)15-25/h1-6,8-9,16H,7,10-14H2. The molecule has 4 rings (SSSR count). The number of piperazine rings is 1. The zero-order valence-electron chi connectivity index (χ0n) is 16.4. The Bertz CT molecular complexity index is 1070. The van der Waals surface area contributed by atoms with Gasteiger partial charge in [0.25, 0.3) is 0 Å². The van der Waals surface area contributed by atoms with E-state index in [1.807, 2.05) is 28.5 Å². The van der Waals surface area contributed by atoms with Gasteiger partial charge in [-0.25, -0.2) is 9.37 Å². The largest absolute Gasteiger partial charge is 0.345 e. The lowest BCUT2D eigenvalue weighted by Crippen LogP contribution is -2.48. The van der Waals surface area contributed by atoms with Gasteiger partial charge in [-0.3, -0.25) is 4.79 Å². The summed E-state index contributed by atoms with van der Waals surface area (Å²) < 4.78 is 13.1. The average molecular weight is 421 g/mol. The van der Waals surface area contributed by atoms with Gasteiger partial charge in [-0.2, -0.15) is 5.26 Å². The van der Waals surface area contributed by atoms with Gasteiger partial charge in [0.15, 0.2) is 5.13 Å².